The molecule has 2 fully saturated rings. The molecular formula is C12H19NO5S2. The number of thioether (sulfide) groups is 1. The molecule has 8 heteroatoms. The second kappa shape index (κ2) is 6.34. The quantitative estimate of drug-likeness (QED) is 0.682. The van der Waals surface area contributed by atoms with Gasteiger partial charge in [0.1, 0.15) is 6.04 Å². The maximum Gasteiger partial charge on any atom is 0.328 e. The van der Waals surface area contributed by atoms with Crippen LogP contribution in [-0.4, -0.2) is 67.4 Å². The first-order chi connectivity index (χ1) is 9.43. The van der Waals surface area contributed by atoms with Gasteiger partial charge in [0.2, 0.25) is 5.91 Å². The number of hydrogen-bond acceptors (Lipinski definition) is 6. The Morgan fingerprint density at radius 1 is 1.35 bits per heavy atom. The van der Waals surface area contributed by atoms with Gasteiger partial charge in [0.05, 0.1) is 24.4 Å². The maximum atomic E-state index is 12.1. The molecule has 0 N–H and O–H groups in total. The molecule has 2 saturated heterocycles. The van der Waals surface area contributed by atoms with Gasteiger partial charge in [-0.25, -0.2) is 13.2 Å². The Bertz CT molecular complexity index is 490. The van der Waals surface area contributed by atoms with Crippen molar-refractivity contribution in [3.63, 3.8) is 0 Å². The van der Waals surface area contributed by atoms with E-state index in [-0.39, 0.29) is 34.4 Å². The van der Waals surface area contributed by atoms with Gasteiger partial charge in [-0.3, -0.25) is 4.79 Å². The van der Waals surface area contributed by atoms with E-state index in [0.717, 1.165) is 6.42 Å². The zero-order valence-corrected chi connectivity index (χ0v) is 13.0. The Kier molecular flexibility index (Phi) is 4.95. The summed E-state index contributed by atoms with van der Waals surface area (Å²) in [5.74, 6) is 0.128. The van der Waals surface area contributed by atoms with Crippen molar-refractivity contribution in [2.45, 2.75) is 30.6 Å². The third-order valence-electron chi connectivity index (χ3n) is 3.68. The molecule has 2 aliphatic heterocycles. The van der Waals surface area contributed by atoms with E-state index in [1.54, 1.807) is 4.90 Å². The third-order valence-corrected chi connectivity index (χ3v) is 6.95. The second-order valence-electron chi connectivity index (χ2n) is 5.10. The lowest BCUT2D eigenvalue weighted by molar-refractivity contribution is -0.150. The first-order valence-corrected chi connectivity index (χ1v) is 9.49. The number of amides is 1. The van der Waals surface area contributed by atoms with Gasteiger partial charge in [-0.05, 0) is 19.3 Å². The molecule has 6 nitrogen and oxygen atoms in total. The fourth-order valence-corrected chi connectivity index (χ4v) is 6.14. The summed E-state index contributed by atoms with van der Waals surface area (Å²) in [6.45, 7) is 0.572. The van der Waals surface area contributed by atoms with Crippen molar-refractivity contribution in [2.24, 2.45) is 0 Å². The van der Waals surface area contributed by atoms with Crippen molar-refractivity contribution in [1.82, 2.24) is 4.90 Å². The summed E-state index contributed by atoms with van der Waals surface area (Å²) in [4.78, 5) is 25.3. The third kappa shape index (κ3) is 3.66. The molecule has 0 aromatic carbocycles. The van der Waals surface area contributed by atoms with Gasteiger partial charge in [-0.1, -0.05) is 0 Å². The van der Waals surface area contributed by atoms with Crippen LogP contribution in [0.15, 0.2) is 0 Å². The lowest BCUT2D eigenvalue weighted by Gasteiger charge is -2.23. The van der Waals surface area contributed by atoms with E-state index in [4.69, 9.17) is 4.74 Å². The molecule has 2 aliphatic rings. The van der Waals surface area contributed by atoms with E-state index in [1.165, 1.54) is 18.9 Å². The SMILES string of the molecule is COC(=O)C1CCCN1C(=O)CSC1CCS(=O)(=O)C1. The lowest BCUT2D eigenvalue weighted by Crippen LogP contribution is -2.42. The fraction of sp³-hybridized carbons (Fsp3) is 0.833. The van der Waals surface area contributed by atoms with Crippen LogP contribution >= 0.6 is 11.8 Å². The Balaban J connectivity index is 1.84. The molecule has 0 aromatic heterocycles. The maximum absolute atomic E-state index is 12.1. The van der Waals surface area contributed by atoms with E-state index >= 15 is 0 Å². The zero-order valence-electron chi connectivity index (χ0n) is 11.4. The normalized spacial score (nSPS) is 28.6. The first-order valence-electron chi connectivity index (χ1n) is 6.62. The van der Waals surface area contributed by atoms with E-state index < -0.39 is 15.9 Å². The van der Waals surface area contributed by atoms with Crippen molar-refractivity contribution in [2.75, 3.05) is 30.9 Å². The molecule has 20 heavy (non-hydrogen) atoms. The molecular weight excluding hydrogens is 302 g/mol. The van der Waals surface area contributed by atoms with Crippen LogP contribution in [0.25, 0.3) is 0 Å². The van der Waals surface area contributed by atoms with Crippen molar-refractivity contribution in [3.8, 4) is 0 Å². The summed E-state index contributed by atoms with van der Waals surface area (Å²) >= 11 is 1.38. The number of carbonyl (C=O) groups excluding carboxylic acids is 2. The van der Waals surface area contributed by atoms with Crippen LogP contribution in [-0.2, 0) is 24.2 Å². The Hall–Kier alpha value is -0.760. The monoisotopic (exact) mass is 321 g/mol. The van der Waals surface area contributed by atoms with Crippen molar-refractivity contribution in [3.05, 3.63) is 0 Å². The molecule has 0 aromatic rings. The molecule has 0 bridgehead atoms. The van der Waals surface area contributed by atoms with Gasteiger partial charge in [-0.2, -0.15) is 0 Å². The molecule has 0 radical (unpaired) electrons. The van der Waals surface area contributed by atoms with Gasteiger partial charge in [0, 0.05) is 11.8 Å². The molecule has 2 heterocycles. The highest BCUT2D eigenvalue weighted by molar-refractivity contribution is 8.02. The predicted octanol–water partition coefficient (Wildman–Crippen LogP) is 0.0707. The number of hydrogen-bond donors (Lipinski definition) is 0. The Morgan fingerprint density at radius 2 is 2.10 bits per heavy atom. The van der Waals surface area contributed by atoms with Gasteiger partial charge < -0.3 is 9.64 Å². The number of ether oxygens (including phenoxy) is 1. The summed E-state index contributed by atoms with van der Waals surface area (Å²) in [7, 11) is -1.59. The molecule has 0 spiro atoms. The molecule has 1 amide bonds. The zero-order chi connectivity index (χ0) is 14.8. The van der Waals surface area contributed by atoms with E-state index in [0.29, 0.717) is 19.4 Å². The van der Waals surface area contributed by atoms with Crippen molar-refractivity contribution >= 4 is 33.5 Å². The largest absolute Gasteiger partial charge is 0.467 e. The molecule has 0 aliphatic carbocycles. The average Bonchev–Trinajstić information content (AvgIpc) is 3.01. The minimum atomic E-state index is -2.91. The lowest BCUT2D eigenvalue weighted by atomic mass is 10.2. The number of esters is 1. The van der Waals surface area contributed by atoms with Crippen molar-refractivity contribution in [1.29, 1.82) is 0 Å². The van der Waals surface area contributed by atoms with Crippen molar-refractivity contribution < 1.29 is 22.7 Å². The van der Waals surface area contributed by atoms with Crippen LogP contribution in [0.2, 0.25) is 0 Å². The fourth-order valence-electron chi connectivity index (χ4n) is 2.61. The van der Waals surface area contributed by atoms with Crippen LogP contribution in [0.5, 0.6) is 0 Å². The van der Waals surface area contributed by atoms with Crippen LogP contribution < -0.4 is 0 Å². The summed E-state index contributed by atoms with van der Waals surface area (Å²) in [6.07, 6.45) is 2.05. The van der Waals surface area contributed by atoms with Crippen LogP contribution in [0.3, 0.4) is 0 Å². The van der Waals surface area contributed by atoms with Gasteiger partial charge in [0.15, 0.2) is 9.84 Å². The number of sulfone groups is 1. The number of methoxy groups -OCH3 is 1. The Labute approximate surface area is 123 Å². The smallest absolute Gasteiger partial charge is 0.328 e. The Morgan fingerprint density at radius 3 is 2.70 bits per heavy atom. The molecule has 2 rings (SSSR count). The second-order valence-corrected chi connectivity index (χ2v) is 8.62. The molecule has 114 valence electrons. The number of likely N-dealkylation sites (tertiary alicyclic amines) is 1. The summed E-state index contributed by atoms with van der Waals surface area (Å²) in [5, 5.41) is 0.00290. The summed E-state index contributed by atoms with van der Waals surface area (Å²) in [6, 6.07) is -0.472. The van der Waals surface area contributed by atoms with E-state index in [9.17, 15) is 18.0 Å². The van der Waals surface area contributed by atoms with Gasteiger partial charge in [0.25, 0.3) is 0 Å². The first kappa shape index (κ1) is 15.6. The highest BCUT2D eigenvalue weighted by atomic mass is 32.2. The highest BCUT2D eigenvalue weighted by Crippen LogP contribution is 2.26. The molecule has 0 saturated carbocycles. The number of nitrogens with zero attached hydrogens (tertiary/aromatic N) is 1. The van der Waals surface area contributed by atoms with Gasteiger partial charge in [-0.15, -0.1) is 11.8 Å². The topological polar surface area (TPSA) is 80.8 Å². The van der Waals surface area contributed by atoms with Crippen LogP contribution in [0, 0.1) is 0 Å². The van der Waals surface area contributed by atoms with Crippen LogP contribution in [0.1, 0.15) is 19.3 Å². The number of rotatable bonds is 4. The minimum absolute atomic E-state index is 0.00290. The summed E-state index contributed by atoms with van der Waals surface area (Å²) < 4.78 is 27.4. The van der Waals surface area contributed by atoms with E-state index in [2.05, 4.69) is 0 Å². The standard InChI is InChI=1S/C12H19NO5S2/c1-18-12(15)10-3-2-5-13(10)11(14)7-19-9-4-6-20(16,17)8-9/h9-10H,2-8H2,1H3. The predicted molar refractivity (Wildman–Crippen MR) is 76.3 cm³/mol. The molecule has 2 unspecified atom stereocenters. The minimum Gasteiger partial charge on any atom is -0.467 e. The molecule has 2 atom stereocenters. The van der Waals surface area contributed by atoms with E-state index in [1.807, 2.05) is 0 Å². The number of carbonyl (C=O) groups is 2. The van der Waals surface area contributed by atoms with Gasteiger partial charge >= 0.3 is 5.97 Å². The van der Waals surface area contributed by atoms with Crippen LogP contribution in [0.4, 0.5) is 0 Å². The highest BCUT2D eigenvalue weighted by Gasteiger charge is 2.35. The summed E-state index contributed by atoms with van der Waals surface area (Å²) in [5.41, 5.74) is 0. The average molecular weight is 321 g/mol.